The summed E-state index contributed by atoms with van der Waals surface area (Å²) in [5.41, 5.74) is 6.46. The Kier molecular flexibility index (Phi) is 3.90. The minimum Gasteiger partial charge on any atom is -0.0955 e. The van der Waals surface area contributed by atoms with E-state index in [4.69, 9.17) is 0 Å². The second-order valence-corrected chi connectivity index (χ2v) is 3.98. The van der Waals surface area contributed by atoms with Crippen LogP contribution in [0.3, 0.4) is 0 Å². The summed E-state index contributed by atoms with van der Waals surface area (Å²) in [4.78, 5) is 0. The quantitative estimate of drug-likeness (QED) is 0.663. The fourth-order valence-corrected chi connectivity index (χ4v) is 1.69. The van der Waals surface area contributed by atoms with Crippen LogP contribution < -0.4 is 0 Å². The molecule has 0 heterocycles. The molecule has 0 nitrogen and oxygen atoms in total. The molecule has 0 fully saturated rings. The molecular formula is C15H20. The van der Waals surface area contributed by atoms with Crippen molar-refractivity contribution in [3.8, 4) is 0 Å². The van der Waals surface area contributed by atoms with Gasteiger partial charge in [0, 0.05) is 0 Å². The van der Waals surface area contributed by atoms with Crippen molar-refractivity contribution in [2.75, 3.05) is 0 Å². The zero-order valence-corrected chi connectivity index (χ0v) is 10.2. The van der Waals surface area contributed by atoms with E-state index < -0.39 is 0 Å². The SMILES string of the molecule is C=C(C)c1cc(/C(C)=C/C)ccc1CC. The van der Waals surface area contributed by atoms with Crippen molar-refractivity contribution in [1.29, 1.82) is 0 Å². The maximum Gasteiger partial charge on any atom is -0.0195 e. The van der Waals surface area contributed by atoms with Gasteiger partial charge in [0.1, 0.15) is 0 Å². The van der Waals surface area contributed by atoms with Crippen molar-refractivity contribution in [3.05, 3.63) is 47.5 Å². The van der Waals surface area contributed by atoms with Crippen LogP contribution in [0.4, 0.5) is 0 Å². The molecule has 0 aromatic heterocycles. The highest BCUT2D eigenvalue weighted by Crippen LogP contribution is 2.23. The topological polar surface area (TPSA) is 0 Å². The molecule has 1 aromatic rings. The number of rotatable bonds is 3. The van der Waals surface area contributed by atoms with Gasteiger partial charge in [-0.2, -0.15) is 0 Å². The molecule has 0 aliphatic heterocycles. The molecule has 1 aromatic carbocycles. The van der Waals surface area contributed by atoms with Crippen LogP contribution in [-0.2, 0) is 6.42 Å². The molecule has 0 aliphatic carbocycles. The molecule has 0 N–H and O–H groups in total. The third-order valence-corrected chi connectivity index (χ3v) is 2.84. The van der Waals surface area contributed by atoms with Gasteiger partial charge in [0.2, 0.25) is 0 Å². The third kappa shape index (κ3) is 2.59. The van der Waals surface area contributed by atoms with Gasteiger partial charge in [-0.3, -0.25) is 0 Å². The van der Waals surface area contributed by atoms with Crippen LogP contribution in [-0.4, -0.2) is 0 Å². The van der Waals surface area contributed by atoms with Crippen molar-refractivity contribution in [2.45, 2.75) is 34.1 Å². The van der Waals surface area contributed by atoms with Gasteiger partial charge >= 0.3 is 0 Å². The largest absolute Gasteiger partial charge is 0.0955 e. The Hall–Kier alpha value is -1.30. The molecule has 80 valence electrons. The van der Waals surface area contributed by atoms with E-state index in [2.05, 4.69) is 58.5 Å². The molecule has 0 saturated heterocycles. The maximum atomic E-state index is 4.04. The van der Waals surface area contributed by atoms with Crippen LogP contribution in [0.15, 0.2) is 30.9 Å². The van der Waals surface area contributed by atoms with Crippen LogP contribution in [0, 0.1) is 0 Å². The number of hydrogen-bond acceptors (Lipinski definition) is 0. The van der Waals surface area contributed by atoms with E-state index >= 15 is 0 Å². The highest BCUT2D eigenvalue weighted by molar-refractivity contribution is 5.71. The first-order valence-corrected chi connectivity index (χ1v) is 5.52. The van der Waals surface area contributed by atoms with E-state index in [1.165, 1.54) is 22.3 Å². The van der Waals surface area contributed by atoms with Gasteiger partial charge in [0.15, 0.2) is 0 Å². The van der Waals surface area contributed by atoms with Crippen molar-refractivity contribution < 1.29 is 0 Å². The van der Waals surface area contributed by atoms with Gasteiger partial charge < -0.3 is 0 Å². The van der Waals surface area contributed by atoms with Crippen molar-refractivity contribution >= 4 is 11.1 Å². The molecule has 0 unspecified atom stereocenters. The molecule has 0 saturated carbocycles. The van der Waals surface area contributed by atoms with Crippen LogP contribution in [0.1, 0.15) is 44.4 Å². The molecule has 1 rings (SSSR count). The Balaban J connectivity index is 3.28. The molecule has 0 radical (unpaired) electrons. The average molecular weight is 200 g/mol. The van der Waals surface area contributed by atoms with Crippen LogP contribution in [0.2, 0.25) is 0 Å². The smallest absolute Gasteiger partial charge is 0.0195 e. The Bertz CT molecular complexity index is 394. The summed E-state index contributed by atoms with van der Waals surface area (Å²) in [5, 5.41) is 0. The van der Waals surface area contributed by atoms with E-state index in [1.54, 1.807) is 0 Å². The number of allylic oxidation sites excluding steroid dienone is 3. The standard InChI is InChI=1S/C15H20/c1-6-12(5)14-9-8-13(7-2)15(10-14)11(3)4/h6,8-10H,3,7H2,1-2,4-5H3/b12-6+. The zero-order chi connectivity index (χ0) is 11.4. The van der Waals surface area contributed by atoms with E-state index in [0.717, 1.165) is 12.0 Å². The van der Waals surface area contributed by atoms with Crippen molar-refractivity contribution in [3.63, 3.8) is 0 Å². The molecule has 0 spiro atoms. The van der Waals surface area contributed by atoms with Crippen molar-refractivity contribution in [2.24, 2.45) is 0 Å². The summed E-state index contributed by atoms with van der Waals surface area (Å²) in [6.07, 6.45) is 3.21. The van der Waals surface area contributed by atoms with Gasteiger partial charge in [0.25, 0.3) is 0 Å². The summed E-state index contributed by atoms with van der Waals surface area (Å²) in [5.74, 6) is 0. The molecular weight excluding hydrogens is 180 g/mol. The lowest BCUT2D eigenvalue weighted by Crippen LogP contribution is -1.91. The summed E-state index contributed by atoms with van der Waals surface area (Å²) >= 11 is 0. The number of aryl methyl sites for hydroxylation is 1. The number of hydrogen-bond donors (Lipinski definition) is 0. The minimum absolute atomic E-state index is 1.07. The molecule has 0 amide bonds. The number of benzene rings is 1. The van der Waals surface area contributed by atoms with Gasteiger partial charge in [-0.05, 0) is 55.5 Å². The summed E-state index contributed by atoms with van der Waals surface area (Å²) < 4.78 is 0. The zero-order valence-electron chi connectivity index (χ0n) is 10.2. The second-order valence-electron chi connectivity index (χ2n) is 3.98. The van der Waals surface area contributed by atoms with Crippen LogP contribution >= 0.6 is 0 Å². The summed E-state index contributed by atoms with van der Waals surface area (Å²) in [7, 11) is 0. The fraction of sp³-hybridized carbons (Fsp3) is 0.333. The highest BCUT2D eigenvalue weighted by Gasteiger charge is 2.03. The Morgan fingerprint density at radius 1 is 1.33 bits per heavy atom. The van der Waals surface area contributed by atoms with Crippen LogP contribution in [0.5, 0.6) is 0 Å². The third-order valence-electron chi connectivity index (χ3n) is 2.84. The van der Waals surface area contributed by atoms with Gasteiger partial charge in [-0.25, -0.2) is 0 Å². The van der Waals surface area contributed by atoms with Crippen LogP contribution in [0.25, 0.3) is 11.1 Å². The summed E-state index contributed by atoms with van der Waals surface area (Å²) in [6, 6.07) is 6.66. The monoisotopic (exact) mass is 200 g/mol. The molecule has 0 atom stereocenters. The normalized spacial score (nSPS) is 11.6. The van der Waals surface area contributed by atoms with E-state index in [9.17, 15) is 0 Å². The maximum absolute atomic E-state index is 4.04. The predicted molar refractivity (Wildman–Crippen MR) is 69.9 cm³/mol. The highest BCUT2D eigenvalue weighted by atomic mass is 14.1. The first kappa shape index (κ1) is 11.8. The van der Waals surface area contributed by atoms with E-state index in [1.807, 2.05) is 0 Å². The Morgan fingerprint density at radius 2 is 2.00 bits per heavy atom. The lowest BCUT2D eigenvalue weighted by molar-refractivity contribution is 1.13. The second kappa shape index (κ2) is 4.97. The van der Waals surface area contributed by atoms with Gasteiger partial charge in [-0.1, -0.05) is 37.3 Å². The average Bonchev–Trinajstić information content (AvgIpc) is 2.27. The molecule has 0 bridgehead atoms. The van der Waals surface area contributed by atoms with Gasteiger partial charge in [0.05, 0.1) is 0 Å². The first-order chi connectivity index (χ1) is 7.10. The Labute approximate surface area is 93.3 Å². The lowest BCUT2D eigenvalue weighted by atomic mass is 9.95. The van der Waals surface area contributed by atoms with Crippen molar-refractivity contribution in [1.82, 2.24) is 0 Å². The molecule has 0 aliphatic rings. The van der Waals surface area contributed by atoms with E-state index in [0.29, 0.717) is 0 Å². The minimum atomic E-state index is 1.07. The Morgan fingerprint density at radius 3 is 2.47 bits per heavy atom. The molecule has 0 heteroatoms. The summed E-state index contributed by atoms with van der Waals surface area (Å²) in [6.45, 7) is 12.5. The predicted octanol–water partition coefficient (Wildman–Crippen LogP) is 4.71. The fourth-order valence-electron chi connectivity index (χ4n) is 1.69. The first-order valence-electron chi connectivity index (χ1n) is 5.52. The lowest BCUT2D eigenvalue weighted by Gasteiger charge is -2.10. The molecule has 15 heavy (non-hydrogen) atoms. The van der Waals surface area contributed by atoms with E-state index in [-0.39, 0.29) is 0 Å². The van der Waals surface area contributed by atoms with Gasteiger partial charge in [-0.15, -0.1) is 0 Å².